The van der Waals surface area contributed by atoms with Crippen molar-refractivity contribution >= 4 is 23.0 Å². The number of ether oxygens (including phenoxy) is 1. The van der Waals surface area contributed by atoms with Gasteiger partial charge in [0.1, 0.15) is 23.3 Å². The van der Waals surface area contributed by atoms with Crippen LogP contribution in [0.25, 0.3) is 22.3 Å². The third-order valence-electron chi connectivity index (χ3n) is 6.84. The molecule has 2 aromatic heterocycles. The van der Waals surface area contributed by atoms with Crippen LogP contribution in [0.4, 0.5) is 13.6 Å². The van der Waals surface area contributed by atoms with Crippen molar-refractivity contribution in [3.8, 4) is 17.0 Å². The second kappa shape index (κ2) is 9.36. The molecule has 0 radical (unpaired) electrons. The number of halogens is 2. The second-order valence-electron chi connectivity index (χ2n) is 9.57. The van der Waals surface area contributed by atoms with Crippen LogP contribution in [-0.4, -0.2) is 62.2 Å². The van der Waals surface area contributed by atoms with E-state index in [1.165, 1.54) is 29.4 Å². The van der Waals surface area contributed by atoms with E-state index in [9.17, 15) is 23.5 Å². The van der Waals surface area contributed by atoms with Crippen LogP contribution in [0.15, 0.2) is 24.5 Å². The van der Waals surface area contributed by atoms with Crippen molar-refractivity contribution < 1.29 is 28.2 Å². The summed E-state index contributed by atoms with van der Waals surface area (Å²) in [5.74, 6) is 0.522. The Balaban J connectivity index is 1.50. The largest absolute Gasteiger partial charge is 0.493 e. The lowest BCUT2D eigenvalue weighted by atomic mass is 10.0. The lowest BCUT2D eigenvalue weighted by molar-refractivity contribution is 0.0936. The first-order chi connectivity index (χ1) is 17.2. The Labute approximate surface area is 205 Å². The number of carbonyl (C=O) groups excluding carboxylic acids is 1. The molecule has 1 aromatic carbocycles. The molecular weight excluding hydrogens is 472 g/mol. The molecule has 2 fully saturated rings. The topological polar surface area (TPSA) is 120 Å². The van der Waals surface area contributed by atoms with Gasteiger partial charge in [-0.1, -0.05) is 0 Å². The molecule has 190 valence electrons. The molecule has 3 aromatic rings. The van der Waals surface area contributed by atoms with E-state index in [1.54, 1.807) is 13.8 Å². The van der Waals surface area contributed by atoms with Crippen molar-refractivity contribution in [1.82, 2.24) is 25.2 Å². The fraction of sp³-hybridized carbons (Fsp3) is 0.440. The zero-order chi connectivity index (χ0) is 25.6. The fourth-order valence-corrected chi connectivity index (χ4v) is 4.75. The quantitative estimate of drug-likeness (QED) is 0.439. The first kappa shape index (κ1) is 24.0. The zero-order valence-corrected chi connectivity index (χ0v) is 19.9. The summed E-state index contributed by atoms with van der Waals surface area (Å²) in [4.78, 5) is 37.8. The summed E-state index contributed by atoms with van der Waals surface area (Å²) in [7, 11) is 0. The molecule has 2 atom stereocenters. The van der Waals surface area contributed by atoms with Crippen LogP contribution in [0.2, 0.25) is 0 Å². The van der Waals surface area contributed by atoms with Crippen LogP contribution < -0.4 is 10.1 Å². The van der Waals surface area contributed by atoms with E-state index in [1.807, 2.05) is 0 Å². The van der Waals surface area contributed by atoms with Crippen molar-refractivity contribution in [2.24, 2.45) is 5.92 Å². The number of fused-ring (bicyclic) bond motifs is 1. The lowest BCUT2D eigenvalue weighted by Gasteiger charge is -2.16. The number of rotatable bonds is 7. The van der Waals surface area contributed by atoms with E-state index in [4.69, 9.17) is 4.74 Å². The van der Waals surface area contributed by atoms with Crippen molar-refractivity contribution in [3.05, 3.63) is 41.3 Å². The van der Waals surface area contributed by atoms with Gasteiger partial charge in [-0.15, -0.1) is 0 Å². The normalized spacial score (nSPS) is 19.8. The summed E-state index contributed by atoms with van der Waals surface area (Å²) in [5.41, 5.74) is 2.24. The molecule has 0 unspecified atom stereocenters. The van der Waals surface area contributed by atoms with Crippen LogP contribution in [0.1, 0.15) is 54.2 Å². The molecule has 1 saturated heterocycles. The van der Waals surface area contributed by atoms with E-state index in [-0.39, 0.29) is 30.1 Å². The van der Waals surface area contributed by atoms with E-state index in [0.717, 1.165) is 12.8 Å². The van der Waals surface area contributed by atoms with Crippen LogP contribution in [0.5, 0.6) is 5.75 Å². The number of alkyl halides is 2. The van der Waals surface area contributed by atoms with Gasteiger partial charge >= 0.3 is 6.09 Å². The number of nitrogens with one attached hydrogen (secondary N) is 2. The van der Waals surface area contributed by atoms with Crippen molar-refractivity contribution in [2.45, 2.75) is 51.6 Å². The van der Waals surface area contributed by atoms with Gasteiger partial charge in [-0.05, 0) is 57.2 Å². The lowest BCUT2D eigenvalue weighted by Crippen LogP contribution is -2.38. The van der Waals surface area contributed by atoms with Crippen molar-refractivity contribution in [3.63, 3.8) is 0 Å². The minimum absolute atomic E-state index is 0.157. The molecule has 3 heterocycles. The number of benzene rings is 1. The summed E-state index contributed by atoms with van der Waals surface area (Å²) in [6, 6.07) is 3.70. The molecule has 1 aliphatic heterocycles. The third kappa shape index (κ3) is 4.57. The van der Waals surface area contributed by atoms with Gasteiger partial charge in [0, 0.05) is 35.4 Å². The van der Waals surface area contributed by atoms with Crippen LogP contribution in [0.3, 0.4) is 0 Å². The number of H-pyrrole nitrogens is 1. The molecule has 5 rings (SSSR count). The predicted octanol–water partition coefficient (Wildman–Crippen LogP) is 4.53. The monoisotopic (exact) mass is 499 g/mol. The standard InChI is InChI=1S/C25H27F2N5O4/c1-12-7-16(9-32(12)25(34)35)31-24(33)19-13(2)30-22-20(28-11-29-21(19)22)17-8-15(23(26)27)5-6-18(17)36-10-14-3-4-14/h5-6,8,11-12,14,16,23,30H,3-4,7,9-10H2,1-2H3,(H,31,33)(H,34,35)/t12-,16-/m0/s1. The van der Waals surface area contributed by atoms with Crippen molar-refractivity contribution in [2.75, 3.05) is 13.2 Å². The Kier molecular flexibility index (Phi) is 6.23. The Morgan fingerprint density at radius 3 is 2.75 bits per heavy atom. The summed E-state index contributed by atoms with van der Waals surface area (Å²) in [6.07, 6.45) is 0.281. The first-order valence-electron chi connectivity index (χ1n) is 11.9. The first-order valence-corrected chi connectivity index (χ1v) is 11.9. The summed E-state index contributed by atoms with van der Waals surface area (Å²) in [5, 5.41) is 12.2. The molecule has 0 bridgehead atoms. The number of aromatic nitrogens is 3. The van der Waals surface area contributed by atoms with Gasteiger partial charge in [-0.2, -0.15) is 0 Å². The smallest absolute Gasteiger partial charge is 0.407 e. The summed E-state index contributed by atoms with van der Waals surface area (Å²) < 4.78 is 33.0. The van der Waals surface area contributed by atoms with E-state index >= 15 is 0 Å². The van der Waals surface area contributed by atoms with E-state index in [2.05, 4.69) is 20.3 Å². The van der Waals surface area contributed by atoms with E-state index < -0.39 is 12.5 Å². The number of carbonyl (C=O) groups is 2. The molecule has 0 spiro atoms. The average Bonchev–Trinajstić information content (AvgIpc) is 3.49. The number of hydrogen-bond donors (Lipinski definition) is 3. The second-order valence-corrected chi connectivity index (χ2v) is 9.57. The molecule has 1 saturated carbocycles. The number of nitrogens with zero attached hydrogens (tertiary/aromatic N) is 3. The van der Waals surface area contributed by atoms with Crippen LogP contribution in [-0.2, 0) is 0 Å². The fourth-order valence-electron chi connectivity index (χ4n) is 4.75. The highest BCUT2D eigenvalue weighted by Crippen LogP contribution is 2.38. The third-order valence-corrected chi connectivity index (χ3v) is 6.84. The van der Waals surface area contributed by atoms with Gasteiger partial charge in [-0.25, -0.2) is 23.5 Å². The minimum atomic E-state index is -2.66. The molecule has 9 nitrogen and oxygen atoms in total. The predicted molar refractivity (Wildman–Crippen MR) is 127 cm³/mol. The van der Waals surface area contributed by atoms with Gasteiger partial charge < -0.3 is 25.0 Å². The summed E-state index contributed by atoms with van der Waals surface area (Å²) in [6.45, 7) is 4.22. The molecule has 2 aliphatic rings. The maximum Gasteiger partial charge on any atom is 0.407 e. The highest BCUT2D eigenvalue weighted by Gasteiger charge is 2.34. The SMILES string of the molecule is Cc1[nH]c2c(-c3cc(C(F)F)ccc3OCC3CC3)ncnc2c1C(=O)N[C@H]1C[C@H](C)N(C(=O)O)C1. The van der Waals surface area contributed by atoms with Gasteiger partial charge in [0.15, 0.2) is 0 Å². The van der Waals surface area contributed by atoms with Crippen molar-refractivity contribution in [1.29, 1.82) is 0 Å². The molecule has 1 aliphatic carbocycles. The molecule has 11 heteroatoms. The average molecular weight is 500 g/mol. The van der Waals surface area contributed by atoms with Gasteiger partial charge in [0.2, 0.25) is 0 Å². The number of amides is 2. The highest BCUT2D eigenvalue weighted by molar-refractivity contribution is 6.09. The highest BCUT2D eigenvalue weighted by atomic mass is 19.3. The number of aromatic amines is 1. The number of likely N-dealkylation sites (tertiary alicyclic amines) is 1. The maximum absolute atomic E-state index is 13.5. The Morgan fingerprint density at radius 1 is 1.31 bits per heavy atom. The Bertz CT molecular complexity index is 1320. The number of aryl methyl sites for hydroxylation is 1. The van der Waals surface area contributed by atoms with Crippen LogP contribution in [0, 0.1) is 12.8 Å². The molecule has 3 N–H and O–H groups in total. The molecular formula is C25H27F2N5O4. The number of hydrogen-bond acceptors (Lipinski definition) is 5. The maximum atomic E-state index is 13.5. The number of carboxylic acid groups (broad SMARTS) is 1. The summed E-state index contributed by atoms with van der Waals surface area (Å²) >= 11 is 0. The van der Waals surface area contributed by atoms with E-state index in [0.29, 0.717) is 58.2 Å². The Morgan fingerprint density at radius 2 is 2.08 bits per heavy atom. The van der Waals surface area contributed by atoms with Gasteiger partial charge in [0.25, 0.3) is 12.3 Å². The molecule has 2 amide bonds. The van der Waals surface area contributed by atoms with Crippen LogP contribution >= 0.6 is 0 Å². The Hall–Kier alpha value is -3.76. The van der Waals surface area contributed by atoms with Gasteiger partial charge in [0.05, 0.1) is 17.7 Å². The van der Waals surface area contributed by atoms with Gasteiger partial charge in [-0.3, -0.25) is 4.79 Å². The molecule has 36 heavy (non-hydrogen) atoms. The minimum Gasteiger partial charge on any atom is -0.493 e. The zero-order valence-electron chi connectivity index (χ0n) is 19.9.